The Morgan fingerprint density at radius 1 is 1.33 bits per heavy atom. The van der Waals surface area contributed by atoms with E-state index >= 15 is 0 Å². The molecule has 0 spiro atoms. The number of carbonyl (C=O) groups is 1. The second-order valence-corrected chi connectivity index (χ2v) is 3.61. The number of benzene rings is 1. The molecule has 0 aliphatic rings. The van der Waals surface area contributed by atoms with Crippen LogP contribution >= 0.6 is 0 Å². The lowest BCUT2D eigenvalue weighted by Gasteiger charge is -2.19. The number of carboxylic acid groups (broad SMARTS) is 1. The monoisotopic (exact) mass is 209 g/mol. The number of carboxylic acids is 1. The van der Waals surface area contributed by atoms with Gasteiger partial charge in [-0.1, -0.05) is 18.2 Å². The van der Waals surface area contributed by atoms with E-state index in [-0.39, 0.29) is 0 Å². The Balaban J connectivity index is 3.10. The third-order valence-corrected chi connectivity index (χ3v) is 2.46. The van der Waals surface area contributed by atoms with Gasteiger partial charge in [0.05, 0.1) is 0 Å². The molecule has 82 valence electrons. The van der Waals surface area contributed by atoms with Crippen LogP contribution in [0.3, 0.4) is 0 Å². The Hall–Kier alpha value is -1.39. The molecule has 2 atom stereocenters. The van der Waals surface area contributed by atoms with Gasteiger partial charge in [0.1, 0.15) is 12.1 Å². The molecular formula is C11H15NO3. The smallest absolute Gasteiger partial charge is 0.323 e. The van der Waals surface area contributed by atoms with E-state index in [0.29, 0.717) is 5.56 Å². The number of aliphatic hydroxyl groups excluding tert-OH is 1. The largest absolute Gasteiger partial charge is 0.480 e. The minimum atomic E-state index is -1.29. The fourth-order valence-electron chi connectivity index (χ4n) is 1.61. The minimum Gasteiger partial charge on any atom is -0.480 e. The van der Waals surface area contributed by atoms with Crippen molar-refractivity contribution in [1.82, 2.24) is 0 Å². The lowest BCUT2D eigenvalue weighted by atomic mass is 9.94. The highest BCUT2D eigenvalue weighted by Gasteiger charge is 2.25. The molecule has 0 amide bonds. The Kier molecular flexibility index (Phi) is 3.44. The molecule has 4 nitrogen and oxygen atoms in total. The topological polar surface area (TPSA) is 83.5 Å². The van der Waals surface area contributed by atoms with Crippen LogP contribution in [0, 0.1) is 13.8 Å². The Labute approximate surface area is 88.3 Å². The fourth-order valence-corrected chi connectivity index (χ4v) is 1.61. The molecule has 0 aromatic heterocycles. The Morgan fingerprint density at radius 2 is 1.80 bits per heavy atom. The standard InChI is InChI=1S/C11H15NO3/c1-6-4-3-5-7(2)8(6)10(13)9(12)11(14)15/h3-5,9-10,13H,12H2,1-2H3,(H,14,15). The van der Waals surface area contributed by atoms with Gasteiger partial charge in [0.15, 0.2) is 0 Å². The third kappa shape index (κ3) is 2.34. The molecule has 4 heteroatoms. The summed E-state index contributed by atoms with van der Waals surface area (Å²) in [5, 5.41) is 18.5. The van der Waals surface area contributed by atoms with Crippen molar-refractivity contribution in [3.63, 3.8) is 0 Å². The lowest BCUT2D eigenvalue weighted by molar-refractivity contribution is -0.141. The van der Waals surface area contributed by atoms with Gasteiger partial charge in [-0.05, 0) is 30.5 Å². The van der Waals surface area contributed by atoms with E-state index in [2.05, 4.69) is 0 Å². The lowest BCUT2D eigenvalue weighted by Crippen LogP contribution is -2.37. The molecule has 2 unspecified atom stereocenters. The van der Waals surface area contributed by atoms with Crippen molar-refractivity contribution >= 4 is 5.97 Å². The summed E-state index contributed by atoms with van der Waals surface area (Å²) in [6, 6.07) is 4.21. The van der Waals surface area contributed by atoms with Crippen molar-refractivity contribution in [2.75, 3.05) is 0 Å². The molecule has 0 heterocycles. The van der Waals surface area contributed by atoms with Crippen molar-refractivity contribution in [1.29, 1.82) is 0 Å². The summed E-state index contributed by atoms with van der Waals surface area (Å²) in [4.78, 5) is 10.7. The van der Waals surface area contributed by atoms with Gasteiger partial charge in [0.2, 0.25) is 0 Å². The van der Waals surface area contributed by atoms with Gasteiger partial charge in [-0.2, -0.15) is 0 Å². The van der Waals surface area contributed by atoms with Crippen LogP contribution in [0.5, 0.6) is 0 Å². The predicted molar refractivity (Wildman–Crippen MR) is 56.5 cm³/mol. The van der Waals surface area contributed by atoms with Crippen molar-refractivity contribution in [3.8, 4) is 0 Å². The Bertz CT molecular complexity index is 356. The first-order valence-corrected chi connectivity index (χ1v) is 4.67. The summed E-state index contributed by atoms with van der Waals surface area (Å²) < 4.78 is 0. The van der Waals surface area contributed by atoms with Gasteiger partial charge in [0, 0.05) is 0 Å². The highest BCUT2D eigenvalue weighted by atomic mass is 16.4. The van der Waals surface area contributed by atoms with Crippen LogP contribution in [0.4, 0.5) is 0 Å². The first-order chi connectivity index (χ1) is 6.95. The first-order valence-electron chi connectivity index (χ1n) is 4.67. The summed E-state index contributed by atoms with van der Waals surface area (Å²) >= 11 is 0. The molecule has 1 rings (SSSR count). The summed E-state index contributed by atoms with van der Waals surface area (Å²) in [7, 11) is 0. The number of aryl methyl sites for hydroxylation is 2. The Morgan fingerprint density at radius 3 is 2.20 bits per heavy atom. The van der Waals surface area contributed by atoms with Crippen LogP contribution < -0.4 is 5.73 Å². The molecule has 0 aliphatic carbocycles. The van der Waals surface area contributed by atoms with Crippen molar-refractivity contribution in [2.45, 2.75) is 26.0 Å². The normalized spacial score (nSPS) is 14.7. The second kappa shape index (κ2) is 4.42. The van der Waals surface area contributed by atoms with Crippen molar-refractivity contribution in [3.05, 3.63) is 34.9 Å². The molecule has 15 heavy (non-hydrogen) atoms. The van der Waals surface area contributed by atoms with Crippen LogP contribution in [0.15, 0.2) is 18.2 Å². The molecule has 0 radical (unpaired) electrons. The number of aliphatic carboxylic acids is 1. The van der Waals surface area contributed by atoms with Gasteiger partial charge in [0.25, 0.3) is 0 Å². The predicted octanol–water partition coefficient (Wildman–Crippen LogP) is 0.749. The maximum absolute atomic E-state index is 10.7. The highest BCUT2D eigenvalue weighted by molar-refractivity contribution is 5.74. The highest BCUT2D eigenvalue weighted by Crippen LogP contribution is 2.23. The average molecular weight is 209 g/mol. The minimum absolute atomic E-state index is 0.604. The quantitative estimate of drug-likeness (QED) is 0.686. The zero-order valence-corrected chi connectivity index (χ0v) is 8.77. The van der Waals surface area contributed by atoms with Crippen molar-refractivity contribution in [2.24, 2.45) is 5.73 Å². The van der Waals surface area contributed by atoms with Crippen LogP contribution in [0.2, 0.25) is 0 Å². The van der Waals surface area contributed by atoms with E-state index < -0.39 is 18.1 Å². The molecule has 0 fully saturated rings. The van der Waals surface area contributed by atoms with E-state index in [1.54, 1.807) is 0 Å². The number of aliphatic hydroxyl groups is 1. The molecular weight excluding hydrogens is 194 g/mol. The number of rotatable bonds is 3. The van der Waals surface area contributed by atoms with Gasteiger partial charge in [-0.25, -0.2) is 0 Å². The van der Waals surface area contributed by atoms with Gasteiger partial charge < -0.3 is 15.9 Å². The van der Waals surface area contributed by atoms with Crippen LogP contribution in [0.1, 0.15) is 22.8 Å². The molecule has 0 saturated heterocycles. The van der Waals surface area contributed by atoms with Crippen LogP contribution in [-0.2, 0) is 4.79 Å². The zero-order chi connectivity index (χ0) is 11.6. The molecule has 1 aromatic carbocycles. The summed E-state index contributed by atoms with van der Waals surface area (Å²) in [5.74, 6) is -1.20. The molecule has 4 N–H and O–H groups in total. The second-order valence-electron chi connectivity index (χ2n) is 3.61. The molecule has 0 bridgehead atoms. The number of hydrogen-bond acceptors (Lipinski definition) is 3. The average Bonchev–Trinajstić information content (AvgIpc) is 2.15. The third-order valence-electron chi connectivity index (χ3n) is 2.46. The van der Waals surface area contributed by atoms with Crippen molar-refractivity contribution < 1.29 is 15.0 Å². The van der Waals surface area contributed by atoms with E-state index in [1.165, 1.54) is 0 Å². The SMILES string of the molecule is Cc1cccc(C)c1C(O)C(N)C(=O)O. The van der Waals surface area contributed by atoms with E-state index in [0.717, 1.165) is 11.1 Å². The summed E-state index contributed by atoms with van der Waals surface area (Å²) in [6.45, 7) is 3.64. The maximum Gasteiger partial charge on any atom is 0.323 e. The molecule has 1 aromatic rings. The fraction of sp³-hybridized carbons (Fsp3) is 0.364. The number of hydrogen-bond donors (Lipinski definition) is 3. The molecule has 0 aliphatic heterocycles. The summed E-state index contributed by atoms with van der Waals surface area (Å²) in [6.07, 6.45) is -1.16. The van der Waals surface area contributed by atoms with Gasteiger partial charge >= 0.3 is 5.97 Å². The van der Waals surface area contributed by atoms with E-state index in [1.807, 2.05) is 32.0 Å². The summed E-state index contributed by atoms with van der Waals surface area (Å²) in [5.41, 5.74) is 7.68. The first kappa shape index (κ1) is 11.7. The maximum atomic E-state index is 10.7. The molecule has 0 saturated carbocycles. The number of nitrogens with two attached hydrogens (primary N) is 1. The zero-order valence-electron chi connectivity index (χ0n) is 8.77. The van der Waals surface area contributed by atoms with Crippen LogP contribution in [0.25, 0.3) is 0 Å². The van der Waals surface area contributed by atoms with E-state index in [4.69, 9.17) is 10.8 Å². The van der Waals surface area contributed by atoms with Gasteiger partial charge in [-0.3, -0.25) is 4.79 Å². The van der Waals surface area contributed by atoms with E-state index in [9.17, 15) is 9.90 Å². The van der Waals surface area contributed by atoms with Crippen LogP contribution in [-0.4, -0.2) is 22.2 Å². The van der Waals surface area contributed by atoms with Gasteiger partial charge in [-0.15, -0.1) is 0 Å².